The Morgan fingerprint density at radius 3 is 2.44 bits per heavy atom. The molecule has 1 N–H and O–H groups in total. The van der Waals surface area contributed by atoms with Gasteiger partial charge in [-0.2, -0.15) is 0 Å². The third-order valence-electron chi connectivity index (χ3n) is 3.93. The highest BCUT2D eigenvalue weighted by molar-refractivity contribution is 5.95. The number of amides is 1. The Balaban J connectivity index is 2.29. The predicted molar refractivity (Wildman–Crippen MR) is 88.8 cm³/mol. The molecule has 0 spiro atoms. The maximum Gasteiger partial charge on any atom is 0.269 e. The average molecular weight is 341 g/mol. The summed E-state index contributed by atoms with van der Waals surface area (Å²) in [6.07, 6.45) is -0.488. The van der Waals surface area contributed by atoms with Gasteiger partial charge in [0.2, 0.25) is 0 Å². The molecule has 1 amide bonds. The number of hydrogen-bond acceptors (Lipinski definition) is 5. The Hall–Kier alpha value is -3.22. The van der Waals surface area contributed by atoms with E-state index in [2.05, 4.69) is 5.32 Å². The number of nitrogens with one attached hydrogen (secondary N) is 1. The molecule has 1 atom stereocenters. The van der Waals surface area contributed by atoms with Crippen molar-refractivity contribution >= 4 is 17.6 Å². The summed E-state index contributed by atoms with van der Waals surface area (Å²) >= 11 is 0. The van der Waals surface area contributed by atoms with Crippen molar-refractivity contribution in [3.63, 3.8) is 0 Å². The van der Waals surface area contributed by atoms with Crippen LogP contribution in [-0.4, -0.2) is 16.8 Å². The molecule has 7 heteroatoms. The molecule has 0 aliphatic rings. The Labute approximate surface area is 144 Å². The van der Waals surface area contributed by atoms with E-state index >= 15 is 0 Å². The average Bonchev–Trinajstić information content (AvgIpc) is 2.56. The Morgan fingerprint density at radius 1 is 1.12 bits per heavy atom. The number of carboxylic acid groups (broad SMARTS) is 1. The molecular weight excluding hydrogens is 324 g/mol. The number of nitro groups is 1. The van der Waals surface area contributed by atoms with E-state index in [0.29, 0.717) is 11.1 Å². The smallest absolute Gasteiger partial charge is 0.269 e. The third kappa shape index (κ3) is 4.63. The van der Waals surface area contributed by atoms with Crippen LogP contribution in [0.3, 0.4) is 0 Å². The number of aryl methyl sites for hydroxylation is 2. The topological polar surface area (TPSA) is 112 Å². The maximum atomic E-state index is 12.4. The molecule has 0 unspecified atom stereocenters. The second-order valence-electron chi connectivity index (χ2n) is 5.75. The molecule has 0 radical (unpaired) electrons. The van der Waals surface area contributed by atoms with E-state index in [1.807, 2.05) is 13.8 Å². The summed E-state index contributed by atoms with van der Waals surface area (Å²) < 4.78 is 0. The summed E-state index contributed by atoms with van der Waals surface area (Å²) in [4.78, 5) is 33.8. The van der Waals surface area contributed by atoms with Gasteiger partial charge in [-0.25, -0.2) is 0 Å². The molecule has 2 aromatic carbocycles. The molecule has 7 nitrogen and oxygen atoms in total. The fourth-order valence-corrected chi connectivity index (χ4v) is 2.40. The van der Waals surface area contributed by atoms with Crippen LogP contribution in [0.1, 0.15) is 39.5 Å². The Morgan fingerprint density at radius 2 is 1.84 bits per heavy atom. The molecule has 0 aliphatic carbocycles. The molecule has 0 saturated carbocycles. The van der Waals surface area contributed by atoms with Crippen LogP contribution in [0.15, 0.2) is 42.5 Å². The largest absolute Gasteiger partial charge is 0.550 e. The van der Waals surface area contributed by atoms with Gasteiger partial charge in [0, 0.05) is 30.1 Å². The van der Waals surface area contributed by atoms with Gasteiger partial charge in [0.05, 0.1) is 11.0 Å². The summed E-state index contributed by atoms with van der Waals surface area (Å²) in [5, 5.41) is 24.5. The molecular formula is C18H17N2O5-. The quantitative estimate of drug-likeness (QED) is 0.636. The van der Waals surface area contributed by atoms with Crippen LogP contribution >= 0.6 is 0 Å². The van der Waals surface area contributed by atoms with Gasteiger partial charge in [-0.1, -0.05) is 18.2 Å². The summed E-state index contributed by atoms with van der Waals surface area (Å²) in [5.74, 6) is -1.82. The lowest BCUT2D eigenvalue weighted by molar-refractivity contribution is -0.385. The first-order chi connectivity index (χ1) is 11.8. The lowest BCUT2D eigenvalue weighted by Crippen LogP contribution is -2.34. The van der Waals surface area contributed by atoms with Gasteiger partial charge in [0.15, 0.2) is 0 Å². The van der Waals surface area contributed by atoms with Crippen molar-refractivity contribution in [1.29, 1.82) is 0 Å². The lowest BCUT2D eigenvalue weighted by Gasteiger charge is -2.20. The van der Waals surface area contributed by atoms with Gasteiger partial charge in [0.25, 0.3) is 11.6 Å². The second-order valence-corrected chi connectivity index (χ2v) is 5.75. The highest BCUT2D eigenvalue weighted by Gasteiger charge is 2.19. The number of hydrogen-bond donors (Lipinski definition) is 1. The fraction of sp³-hybridized carbons (Fsp3) is 0.222. The van der Waals surface area contributed by atoms with Crippen molar-refractivity contribution in [2.75, 3.05) is 0 Å². The first kappa shape index (κ1) is 18.1. The van der Waals surface area contributed by atoms with E-state index in [9.17, 15) is 24.8 Å². The normalized spacial score (nSPS) is 11.6. The third-order valence-corrected chi connectivity index (χ3v) is 3.93. The van der Waals surface area contributed by atoms with E-state index in [-0.39, 0.29) is 5.69 Å². The molecule has 25 heavy (non-hydrogen) atoms. The number of carbonyl (C=O) groups excluding carboxylic acids is 2. The van der Waals surface area contributed by atoms with Gasteiger partial charge in [0.1, 0.15) is 0 Å². The predicted octanol–water partition coefficient (Wildman–Crippen LogP) is 1.82. The fourth-order valence-electron chi connectivity index (χ4n) is 2.40. The number of non-ortho nitro benzene ring substituents is 1. The Kier molecular flexibility index (Phi) is 5.49. The maximum absolute atomic E-state index is 12.4. The molecule has 0 heterocycles. The lowest BCUT2D eigenvalue weighted by atomic mass is 10.0. The Bertz CT molecular complexity index is 832. The molecule has 0 fully saturated rings. The van der Waals surface area contributed by atoms with Crippen molar-refractivity contribution < 1.29 is 19.6 Å². The number of aliphatic carboxylic acids is 1. The van der Waals surface area contributed by atoms with Crippen molar-refractivity contribution in [3.8, 4) is 0 Å². The summed E-state index contributed by atoms with van der Waals surface area (Å²) in [6.45, 7) is 3.78. The first-order valence-electron chi connectivity index (χ1n) is 7.60. The minimum atomic E-state index is -1.36. The molecule has 0 bridgehead atoms. The van der Waals surface area contributed by atoms with Crippen LogP contribution in [0, 0.1) is 24.0 Å². The van der Waals surface area contributed by atoms with Crippen LogP contribution < -0.4 is 10.4 Å². The van der Waals surface area contributed by atoms with E-state index < -0.39 is 29.3 Å². The van der Waals surface area contributed by atoms with Gasteiger partial charge >= 0.3 is 0 Å². The van der Waals surface area contributed by atoms with Crippen LogP contribution in [0.2, 0.25) is 0 Å². The molecule has 2 aromatic rings. The van der Waals surface area contributed by atoms with Crippen molar-refractivity contribution in [2.24, 2.45) is 0 Å². The van der Waals surface area contributed by atoms with Gasteiger partial charge in [-0.3, -0.25) is 14.9 Å². The molecule has 0 aromatic heterocycles. The van der Waals surface area contributed by atoms with E-state index in [1.165, 1.54) is 24.3 Å². The van der Waals surface area contributed by atoms with E-state index in [1.54, 1.807) is 18.2 Å². The number of benzene rings is 2. The monoisotopic (exact) mass is 341 g/mol. The molecule has 130 valence electrons. The highest BCUT2D eigenvalue weighted by atomic mass is 16.6. The van der Waals surface area contributed by atoms with Crippen LogP contribution in [0.25, 0.3) is 0 Å². The number of carbonyl (C=O) groups is 2. The van der Waals surface area contributed by atoms with Gasteiger partial charge in [-0.15, -0.1) is 0 Å². The zero-order valence-corrected chi connectivity index (χ0v) is 13.8. The van der Waals surface area contributed by atoms with Crippen molar-refractivity contribution in [3.05, 3.63) is 74.8 Å². The van der Waals surface area contributed by atoms with E-state index in [0.717, 1.165) is 11.1 Å². The SMILES string of the molecule is Cc1ccc(C(=O)N[C@@H](CC(=O)[O-])c2cccc([N+](=O)[O-])c2)cc1C. The van der Waals surface area contributed by atoms with Gasteiger partial charge < -0.3 is 15.2 Å². The zero-order chi connectivity index (χ0) is 18.6. The van der Waals surface area contributed by atoms with E-state index in [4.69, 9.17) is 0 Å². The molecule has 0 aliphatic heterocycles. The number of carboxylic acids is 1. The summed E-state index contributed by atoms with van der Waals surface area (Å²) in [7, 11) is 0. The van der Waals surface area contributed by atoms with Gasteiger partial charge in [-0.05, 0) is 42.7 Å². The molecule has 2 rings (SSSR count). The minimum Gasteiger partial charge on any atom is -0.550 e. The van der Waals surface area contributed by atoms with Crippen LogP contribution in [0.5, 0.6) is 0 Å². The van der Waals surface area contributed by atoms with Crippen molar-refractivity contribution in [1.82, 2.24) is 5.32 Å². The second kappa shape index (κ2) is 7.57. The number of rotatable bonds is 6. The summed E-state index contributed by atoms with van der Waals surface area (Å²) in [5.41, 5.74) is 2.50. The van der Waals surface area contributed by atoms with Crippen LogP contribution in [-0.2, 0) is 4.79 Å². The standard InChI is InChI=1S/C18H18N2O5/c1-11-6-7-14(8-12(11)2)18(23)19-16(10-17(21)22)13-4-3-5-15(9-13)20(24)25/h3-9,16H,10H2,1-2H3,(H,19,23)(H,21,22)/p-1/t16-/m0/s1. The first-order valence-corrected chi connectivity index (χ1v) is 7.60. The van der Waals surface area contributed by atoms with Crippen LogP contribution in [0.4, 0.5) is 5.69 Å². The highest BCUT2D eigenvalue weighted by Crippen LogP contribution is 2.22. The summed E-state index contributed by atoms with van der Waals surface area (Å²) in [6, 6.07) is 9.72. The molecule has 0 saturated heterocycles. The minimum absolute atomic E-state index is 0.179. The zero-order valence-electron chi connectivity index (χ0n) is 13.8. The number of nitro benzene ring substituents is 1. The van der Waals surface area contributed by atoms with Crippen molar-refractivity contribution in [2.45, 2.75) is 26.3 Å². The number of nitrogens with zero attached hydrogens (tertiary/aromatic N) is 1.